The van der Waals surface area contributed by atoms with Gasteiger partial charge < -0.3 is 4.52 Å². The van der Waals surface area contributed by atoms with Crippen molar-refractivity contribution in [3.63, 3.8) is 0 Å². The molecule has 5 nitrogen and oxygen atoms in total. The Morgan fingerprint density at radius 1 is 1.29 bits per heavy atom. The number of aromatic nitrogens is 1. The summed E-state index contributed by atoms with van der Waals surface area (Å²) in [5, 5.41) is 3.71. The van der Waals surface area contributed by atoms with Gasteiger partial charge in [-0.25, -0.2) is 17.1 Å². The van der Waals surface area contributed by atoms with E-state index in [1.807, 2.05) is 12.1 Å². The summed E-state index contributed by atoms with van der Waals surface area (Å²) >= 11 is 0. The zero-order valence-corrected chi connectivity index (χ0v) is 14.2. The quantitative estimate of drug-likeness (QED) is 0.850. The molecule has 7 heteroatoms. The SMILES string of the molecule is Cc1cc(CS(=O)(=O)N2CCC(=Cc3cccc(F)c3)CC2)on1. The van der Waals surface area contributed by atoms with Gasteiger partial charge in [0.05, 0.1) is 5.69 Å². The fraction of sp³-hybridized carbons (Fsp3) is 0.353. The van der Waals surface area contributed by atoms with Crippen molar-refractivity contribution in [3.8, 4) is 0 Å². The van der Waals surface area contributed by atoms with Crippen LogP contribution in [0.1, 0.15) is 29.9 Å². The fourth-order valence-electron chi connectivity index (χ4n) is 2.78. The van der Waals surface area contributed by atoms with Gasteiger partial charge in [0.25, 0.3) is 0 Å². The van der Waals surface area contributed by atoms with Crippen LogP contribution in [-0.4, -0.2) is 31.0 Å². The number of benzene rings is 1. The average molecular weight is 350 g/mol. The third-order valence-corrected chi connectivity index (χ3v) is 5.78. The molecule has 0 spiro atoms. The molecule has 2 aromatic rings. The van der Waals surface area contributed by atoms with Gasteiger partial charge >= 0.3 is 0 Å². The lowest BCUT2D eigenvalue weighted by atomic mass is 10.0. The zero-order chi connectivity index (χ0) is 17.2. The molecule has 0 amide bonds. The van der Waals surface area contributed by atoms with Gasteiger partial charge in [-0.2, -0.15) is 0 Å². The lowest BCUT2D eigenvalue weighted by Gasteiger charge is -2.27. The van der Waals surface area contributed by atoms with Crippen LogP contribution in [0, 0.1) is 12.7 Å². The molecule has 128 valence electrons. The summed E-state index contributed by atoms with van der Waals surface area (Å²) in [5.74, 6) is -0.0862. The standard InChI is InChI=1S/C17H19FN2O3S/c1-13-9-17(23-19-13)12-24(21,22)20-7-5-14(6-8-20)10-15-3-2-4-16(18)11-15/h2-4,9-11H,5-8,12H2,1H3. The van der Waals surface area contributed by atoms with E-state index in [-0.39, 0.29) is 11.6 Å². The molecule has 0 saturated carbocycles. The van der Waals surface area contributed by atoms with Crippen molar-refractivity contribution in [2.24, 2.45) is 0 Å². The second kappa shape index (κ2) is 6.86. The largest absolute Gasteiger partial charge is 0.360 e. The lowest BCUT2D eigenvalue weighted by molar-refractivity contribution is 0.369. The minimum Gasteiger partial charge on any atom is -0.360 e. The first kappa shape index (κ1) is 16.9. The summed E-state index contributed by atoms with van der Waals surface area (Å²) in [7, 11) is -3.41. The predicted molar refractivity (Wildman–Crippen MR) is 89.0 cm³/mol. The first-order valence-corrected chi connectivity index (χ1v) is 9.38. The van der Waals surface area contributed by atoms with Gasteiger partial charge in [0.2, 0.25) is 10.0 Å². The summed E-state index contributed by atoms with van der Waals surface area (Å²) in [6.07, 6.45) is 3.23. The van der Waals surface area contributed by atoms with Crippen LogP contribution in [0.3, 0.4) is 0 Å². The maximum absolute atomic E-state index is 13.2. The number of hydrogen-bond donors (Lipinski definition) is 0. The molecule has 0 radical (unpaired) electrons. The number of aryl methyl sites for hydroxylation is 1. The van der Waals surface area contributed by atoms with E-state index in [0.717, 1.165) is 11.1 Å². The Kier molecular flexibility index (Phi) is 4.82. The van der Waals surface area contributed by atoms with E-state index in [2.05, 4.69) is 5.16 Å². The van der Waals surface area contributed by atoms with Crippen LogP contribution in [0.4, 0.5) is 4.39 Å². The Hall–Kier alpha value is -1.99. The maximum atomic E-state index is 13.2. The number of nitrogens with zero attached hydrogens (tertiary/aromatic N) is 2. The number of hydrogen-bond acceptors (Lipinski definition) is 4. The second-order valence-electron chi connectivity index (χ2n) is 5.95. The Balaban J connectivity index is 1.64. The normalized spacial score (nSPS) is 16.3. The second-order valence-corrected chi connectivity index (χ2v) is 7.92. The van der Waals surface area contributed by atoms with Crippen LogP contribution >= 0.6 is 0 Å². The van der Waals surface area contributed by atoms with Crippen LogP contribution in [0.5, 0.6) is 0 Å². The molecule has 2 heterocycles. The molecule has 0 unspecified atom stereocenters. The summed E-state index contributed by atoms with van der Waals surface area (Å²) in [6, 6.07) is 8.02. The highest BCUT2D eigenvalue weighted by molar-refractivity contribution is 7.88. The van der Waals surface area contributed by atoms with E-state index in [4.69, 9.17) is 4.52 Å². The topological polar surface area (TPSA) is 63.4 Å². The van der Waals surface area contributed by atoms with Crippen molar-refractivity contribution >= 4 is 16.1 Å². The van der Waals surface area contributed by atoms with Crippen LogP contribution in [0.2, 0.25) is 0 Å². The molecule has 1 aromatic carbocycles. The molecule has 0 bridgehead atoms. The molecule has 1 aliphatic rings. The smallest absolute Gasteiger partial charge is 0.221 e. The van der Waals surface area contributed by atoms with Crippen LogP contribution in [0.15, 0.2) is 40.4 Å². The van der Waals surface area contributed by atoms with Crippen LogP contribution in [-0.2, 0) is 15.8 Å². The van der Waals surface area contributed by atoms with E-state index >= 15 is 0 Å². The Labute approximate surface area is 140 Å². The summed E-state index contributed by atoms with van der Waals surface area (Å²) in [6.45, 7) is 2.61. The van der Waals surface area contributed by atoms with Crippen molar-refractivity contribution in [1.82, 2.24) is 9.46 Å². The van der Waals surface area contributed by atoms with Gasteiger partial charge in [-0.3, -0.25) is 0 Å². The molecule has 1 aliphatic heterocycles. The molecular formula is C17H19FN2O3S. The molecule has 0 atom stereocenters. The first-order valence-electron chi connectivity index (χ1n) is 7.77. The van der Waals surface area contributed by atoms with Crippen LogP contribution < -0.4 is 0 Å². The van der Waals surface area contributed by atoms with Crippen molar-refractivity contribution in [3.05, 3.63) is 58.7 Å². The molecule has 0 aliphatic carbocycles. The third kappa shape index (κ3) is 4.10. The monoisotopic (exact) mass is 350 g/mol. The Morgan fingerprint density at radius 2 is 2.04 bits per heavy atom. The Bertz CT molecular complexity index is 848. The van der Waals surface area contributed by atoms with Crippen molar-refractivity contribution < 1.29 is 17.3 Å². The van der Waals surface area contributed by atoms with Gasteiger partial charge in [0, 0.05) is 19.2 Å². The van der Waals surface area contributed by atoms with E-state index in [1.165, 1.54) is 16.4 Å². The highest BCUT2D eigenvalue weighted by atomic mass is 32.2. The van der Waals surface area contributed by atoms with Gasteiger partial charge in [-0.15, -0.1) is 0 Å². The summed E-state index contributed by atoms with van der Waals surface area (Å²) < 4.78 is 44.6. The summed E-state index contributed by atoms with van der Waals surface area (Å²) in [5.41, 5.74) is 2.60. The minimum absolute atomic E-state index is 0.170. The van der Waals surface area contributed by atoms with E-state index in [1.54, 1.807) is 19.1 Å². The lowest BCUT2D eigenvalue weighted by Crippen LogP contribution is -2.37. The molecular weight excluding hydrogens is 331 g/mol. The van der Waals surface area contributed by atoms with Crippen molar-refractivity contribution in [1.29, 1.82) is 0 Å². The zero-order valence-electron chi connectivity index (χ0n) is 13.4. The molecule has 0 N–H and O–H groups in total. The van der Waals surface area contributed by atoms with E-state index in [0.29, 0.717) is 37.4 Å². The average Bonchev–Trinajstić information content (AvgIpc) is 2.92. The van der Waals surface area contributed by atoms with Gasteiger partial charge in [-0.05, 0) is 37.5 Å². The highest BCUT2D eigenvalue weighted by Gasteiger charge is 2.27. The van der Waals surface area contributed by atoms with Crippen LogP contribution in [0.25, 0.3) is 6.08 Å². The maximum Gasteiger partial charge on any atom is 0.221 e. The molecule has 1 saturated heterocycles. The molecule has 1 aromatic heterocycles. The highest BCUT2D eigenvalue weighted by Crippen LogP contribution is 2.23. The van der Waals surface area contributed by atoms with Gasteiger partial charge in [-0.1, -0.05) is 28.9 Å². The number of sulfonamides is 1. The number of halogens is 1. The summed E-state index contributed by atoms with van der Waals surface area (Å²) in [4.78, 5) is 0. The third-order valence-electron chi connectivity index (χ3n) is 3.98. The number of piperidine rings is 1. The minimum atomic E-state index is -3.41. The van der Waals surface area contributed by atoms with E-state index < -0.39 is 10.0 Å². The van der Waals surface area contributed by atoms with Crippen molar-refractivity contribution in [2.75, 3.05) is 13.1 Å². The van der Waals surface area contributed by atoms with Crippen molar-refractivity contribution in [2.45, 2.75) is 25.5 Å². The fourth-order valence-corrected chi connectivity index (χ4v) is 4.20. The Morgan fingerprint density at radius 3 is 2.67 bits per heavy atom. The molecule has 1 fully saturated rings. The predicted octanol–water partition coefficient (Wildman–Crippen LogP) is 3.13. The molecule has 24 heavy (non-hydrogen) atoms. The first-order chi connectivity index (χ1) is 11.4. The van der Waals surface area contributed by atoms with E-state index in [9.17, 15) is 12.8 Å². The van der Waals surface area contributed by atoms with Gasteiger partial charge in [0.15, 0.2) is 5.76 Å². The molecule has 3 rings (SSSR count). The number of rotatable bonds is 4. The van der Waals surface area contributed by atoms with Gasteiger partial charge in [0.1, 0.15) is 11.6 Å².